The van der Waals surface area contributed by atoms with Crippen molar-refractivity contribution in [2.45, 2.75) is 32.1 Å². The van der Waals surface area contributed by atoms with E-state index < -0.39 is 0 Å². The summed E-state index contributed by atoms with van der Waals surface area (Å²) in [6.45, 7) is 5.95. The van der Waals surface area contributed by atoms with Crippen LogP contribution in [0, 0.1) is 6.92 Å². The maximum Gasteiger partial charge on any atom is 0.252 e. The van der Waals surface area contributed by atoms with Gasteiger partial charge in [0.2, 0.25) is 5.95 Å². The molecule has 0 aromatic carbocycles. The molecule has 4 rings (SSSR count). The van der Waals surface area contributed by atoms with Crippen LogP contribution in [0.2, 0.25) is 0 Å². The number of H-pyrrole nitrogens is 1. The lowest BCUT2D eigenvalue weighted by molar-refractivity contribution is 0.729. The van der Waals surface area contributed by atoms with Crippen LogP contribution in [0.1, 0.15) is 36.4 Å². The van der Waals surface area contributed by atoms with Crippen LogP contribution >= 0.6 is 0 Å². The molecule has 0 aliphatic carbocycles. The molecule has 2 aliphatic rings. The van der Waals surface area contributed by atoms with Gasteiger partial charge in [-0.2, -0.15) is 0 Å². The first-order valence-electron chi connectivity index (χ1n) is 8.72. The highest BCUT2D eigenvalue weighted by Crippen LogP contribution is 2.31. The second kappa shape index (κ2) is 6.26. The Morgan fingerprint density at radius 1 is 1.21 bits per heavy atom. The molecule has 24 heavy (non-hydrogen) atoms. The highest BCUT2D eigenvalue weighted by atomic mass is 16.1. The molecule has 2 aliphatic heterocycles. The summed E-state index contributed by atoms with van der Waals surface area (Å²) in [6.07, 6.45) is 7.11. The molecule has 0 saturated carbocycles. The third-order valence-corrected chi connectivity index (χ3v) is 5.09. The molecule has 2 fully saturated rings. The van der Waals surface area contributed by atoms with E-state index in [4.69, 9.17) is 4.98 Å². The van der Waals surface area contributed by atoms with Crippen LogP contribution in [-0.4, -0.2) is 41.1 Å². The number of aromatic nitrogens is 3. The van der Waals surface area contributed by atoms with E-state index in [9.17, 15) is 4.79 Å². The molecule has 1 N–H and O–H groups in total. The Morgan fingerprint density at radius 2 is 2.04 bits per heavy atom. The van der Waals surface area contributed by atoms with Crippen molar-refractivity contribution >= 4 is 11.6 Å². The van der Waals surface area contributed by atoms with Gasteiger partial charge in [-0.1, -0.05) is 0 Å². The summed E-state index contributed by atoms with van der Waals surface area (Å²) in [5, 5.41) is 0. The quantitative estimate of drug-likeness (QED) is 0.936. The fourth-order valence-corrected chi connectivity index (χ4v) is 3.79. The van der Waals surface area contributed by atoms with Crippen LogP contribution in [0.4, 0.5) is 11.6 Å². The van der Waals surface area contributed by atoms with Gasteiger partial charge in [0.25, 0.3) is 5.56 Å². The van der Waals surface area contributed by atoms with Crippen LogP contribution < -0.4 is 15.4 Å². The molecule has 1 atom stereocenters. The number of nitrogens with one attached hydrogen (secondary N) is 1. The largest absolute Gasteiger partial charge is 0.371 e. The molecule has 4 heterocycles. The van der Waals surface area contributed by atoms with Gasteiger partial charge in [0, 0.05) is 56.2 Å². The highest BCUT2D eigenvalue weighted by Gasteiger charge is 2.27. The molecule has 0 spiro atoms. The maximum atomic E-state index is 12.1. The molecule has 2 saturated heterocycles. The number of aryl methyl sites for hydroxylation is 1. The van der Waals surface area contributed by atoms with Crippen LogP contribution in [0.3, 0.4) is 0 Å². The molecule has 0 bridgehead atoms. The maximum absolute atomic E-state index is 12.1. The van der Waals surface area contributed by atoms with Gasteiger partial charge in [0.1, 0.15) is 0 Å². The van der Waals surface area contributed by atoms with E-state index in [1.807, 2.05) is 12.4 Å². The van der Waals surface area contributed by atoms with Crippen molar-refractivity contribution < 1.29 is 0 Å². The molecule has 2 aromatic rings. The molecular weight excluding hydrogens is 302 g/mol. The summed E-state index contributed by atoms with van der Waals surface area (Å²) in [7, 11) is 0. The van der Waals surface area contributed by atoms with Gasteiger partial charge in [-0.25, -0.2) is 4.98 Å². The second-order valence-corrected chi connectivity index (χ2v) is 6.78. The smallest absolute Gasteiger partial charge is 0.252 e. The first-order valence-corrected chi connectivity index (χ1v) is 8.72. The number of nitrogens with zero attached hydrogens (tertiary/aromatic N) is 4. The Labute approximate surface area is 141 Å². The molecule has 126 valence electrons. The highest BCUT2D eigenvalue weighted by molar-refractivity contribution is 5.53. The van der Waals surface area contributed by atoms with E-state index >= 15 is 0 Å². The van der Waals surface area contributed by atoms with Crippen molar-refractivity contribution in [3.05, 3.63) is 46.1 Å². The molecule has 6 nitrogen and oxygen atoms in total. The topological polar surface area (TPSA) is 65.1 Å². The average molecular weight is 325 g/mol. The number of aromatic amines is 1. The van der Waals surface area contributed by atoms with Gasteiger partial charge in [-0.3, -0.25) is 14.8 Å². The molecular formula is C18H23N5O. The first kappa shape index (κ1) is 15.2. The summed E-state index contributed by atoms with van der Waals surface area (Å²) in [6, 6.07) is 3.74. The summed E-state index contributed by atoms with van der Waals surface area (Å²) in [4.78, 5) is 28.5. The van der Waals surface area contributed by atoms with Crippen molar-refractivity contribution in [2.75, 3.05) is 36.0 Å². The van der Waals surface area contributed by atoms with Crippen molar-refractivity contribution in [2.24, 2.45) is 0 Å². The van der Waals surface area contributed by atoms with E-state index in [-0.39, 0.29) is 5.56 Å². The van der Waals surface area contributed by atoms with Crippen LogP contribution in [0.5, 0.6) is 0 Å². The number of hydrogen-bond donors (Lipinski definition) is 1. The minimum atomic E-state index is -0.0413. The molecule has 0 amide bonds. The van der Waals surface area contributed by atoms with E-state index in [2.05, 4.69) is 32.8 Å². The van der Waals surface area contributed by atoms with Crippen molar-refractivity contribution in [1.82, 2.24) is 15.0 Å². The fraction of sp³-hybridized carbons (Fsp3) is 0.500. The molecule has 2 aromatic heterocycles. The number of pyridine rings is 1. The predicted molar refractivity (Wildman–Crippen MR) is 94.8 cm³/mol. The lowest BCUT2D eigenvalue weighted by atomic mass is 10.0. The van der Waals surface area contributed by atoms with Gasteiger partial charge in [-0.05, 0) is 37.8 Å². The number of rotatable bonds is 3. The minimum absolute atomic E-state index is 0.0413. The zero-order valence-corrected chi connectivity index (χ0v) is 14.0. The second-order valence-electron chi connectivity index (χ2n) is 6.78. The third-order valence-electron chi connectivity index (χ3n) is 5.09. The van der Waals surface area contributed by atoms with Crippen molar-refractivity contribution in [3.8, 4) is 0 Å². The van der Waals surface area contributed by atoms with Crippen LogP contribution in [-0.2, 0) is 0 Å². The van der Waals surface area contributed by atoms with Crippen LogP contribution in [0.15, 0.2) is 29.3 Å². The van der Waals surface area contributed by atoms with E-state index in [0.717, 1.165) is 44.2 Å². The van der Waals surface area contributed by atoms with E-state index in [1.54, 1.807) is 6.07 Å². The van der Waals surface area contributed by atoms with Crippen molar-refractivity contribution in [1.29, 1.82) is 0 Å². The molecule has 1 unspecified atom stereocenters. The fourth-order valence-electron chi connectivity index (χ4n) is 3.79. The summed E-state index contributed by atoms with van der Waals surface area (Å²) < 4.78 is 0. The first-order chi connectivity index (χ1) is 11.7. The van der Waals surface area contributed by atoms with Gasteiger partial charge in [-0.15, -0.1) is 0 Å². The van der Waals surface area contributed by atoms with Gasteiger partial charge >= 0.3 is 0 Å². The summed E-state index contributed by atoms with van der Waals surface area (Å²) in [5.41, 5.74) is 3.31. The average Bonchev–Trinajstić information content (AvgIpc) is 3.27. The Morgan fingerprint density at radius 3 is 2.83 bits per heavy atom. The third kappa shape index (κ3) is 2.88. The monoisotopic (exact) mass is 325 g/mol. The Bertz CT molecular complexity index is 781. The lowest BCUT2D eigenvalue weighted by Crippen LogP contribution is -2.25. The van der Waals surface area contributed by atoms with Gasteiger partial charge in [0.15, 0.2) is 0 Å². The molecule has 0 radical (unpaired) electrons. The lowest BCUT2D eigenvalue weighted by Gasteiger charge is -2.21. The Kier molecular flexibility index (Phi) is 3.96. The van der Waals surface area contributed by atoms with Gasteiger partial charge in [0.05, 0.1) is 5.69 Å². The normalized spacial score (nSPS) is 20.8. The number of anilines is 2. The van der Waals surface area contributed by atoms with Crippen molar-refractivity contribution in [3.63, 3.8) is 0 Å². The van der Waals surface area contributed by atoms with E-state index in [0.29, 0.717) is 5.92 Å². The summed E-state index contributed by atoms with van der Waals surface area (Å²) >= 11 is 0. The zero-order chi connectivity index (χ0) is 16.5. The van der Waals surface area contributed by atoms with Crippen LogP contribution in [0.25, 0.3) is 0 Å². The standard InChI is InChI=1S/C18H23N5O/c1-13-11-19-6-4-16(13)23-9-5-14(12-23)15-10-17(24)21-18(20-15)22-7-2-3-8-22/h4,6,10-11,14H,2-3,5,7-9,12H2,1H3,(H,20,21,24). The van der Waals surface area contributed by atoms with Gasteiger partial charge < -0.3 is 9.80 Å². The predicted octanol–water partition coefficient (Wildman–Crippen LogP) is 2.07. The minimum Gasteiger partial charge on any atom is -0.371 e. The zero-order valence-electron chi connectivity index (χ0n) is 14.0. The Hall–Kier alpha value is -2.37. The SMILES string of the molecule is Cc1cnccc1N1CCC(c2cc(=O)[nH]c(N3CCCC3)n2)C1. The Balaban J connectivity index is 1.57. The summed E-state index contributed by atoms with van der Waals surface area (Å²) in [5.74, 6) is 1.05. The molecule has 6 heteroatoms. The number of hydrogen-bond acceptors (Lipinski definition) is 5. The van der Waals surface area contributed by atoms with E-state index in [1.165, 1.54) is 24.1 Å².